The van der Waals surface area contributed by atoms with Gasteiger partial charge in [0.15, 0.2) is 5.13 Å². The Bertz CT molecular complexity index is 983. The number of nitrogens with zero attached hydrogens (tertiary/aromatic N) is 1. The van der Waals surface area contributed by atoms with Gasteiger partial charge in [-0.2, -0.15) is 0 Å². The van der Waals surface area contributed by atoms with Crippen LogP contribution in [0.5, 0.6) is 0 Å². The molecule has 2 amide bonds. The molecule has 0 saturated heterocycles. The molecule has 0 fully saturated rings. The molecule has 0 unspecified atom stereocenters. The third-order valence-electron chi connectivity index (χ3n) is 3.85. The molecule has 1 aromatic heterocycles. The number of hydrogen-bond acceptors (Lipinski definition) is 4. The maximum Gasteiger partial charge on any atom is 0.257 e. The summed E-state index contributed by atoms with van der Waals surface area (Å²) in [6, 6.07) is 12.6. The second-order valence-electron chi connectivity index (χ2n) is 6.20. The average Bonchev–Trinajstić information content (AvgIpc) is 3.07. The lowest BCUT2D eigenvalue weighted by atomic mass is 10.1. The van der Waals surface area contributed by atoms with Crippen molar-refractivity contribution in [2.24, 2.45) is 0 Å². The number of amides is 2. The Morgan fingerprint density at radius 2 is 1.75 bits per heavy atom. The Labute approximate surface area is 176 Å². The minimum atomic E-state index is -0.367. The monoisotopic (exact) mass is 433 g/mol. The first-order valence-corrected chi connectivity index (χ1v) is 10.1. The number of nitrogens with one attached hydrogen (secondary N) is 2. The van der Waals surface area contributed by atoms with Gasteiger partial charge >= 0.3 is 0 Å². The molecule has 2 N–H and O–H groups in total. The molecule has 0 bridgehead atoms. The number of aromatic nitrogens is 1. The van der Waals surface area contributed by atoms with Crippen molar-refractivity contribution >= 4 is 51.5 Å². The minimum Gasteiger partial charge on any atom is -0.352 e. The largest absolute Gasteiger partial charge is 0.352 e. The molecule has 0 aliphatic rings. The Kier molecular flexibility index (Phi) is 6.67. The summed E-state index contributed by atoms with van der Waals surface area (Å²) in [7, 11) is 0. The lowest BCUT2D eigenvalue weighted by Crippen LogP contribution is -2.24. The van der Waals surface area contributed by atoms with Gasteiger partial charge in [0.2, 0.25) is 5.91 Å². The molecule has 3 aromatic rings. The van der Waals surface area contributed by atoms with Gasteiger partial charge in [-0.15, -0.1) is 11.3 Å². The number of carbonyl (C=O) groups is 2. The van der Waals surface area contributed by atoms with Crippen LogP contribution in [-0.2, 0) is 17.8 Å². The minimum absolute atomic E-state index is 0.134. The van der Waals surface area contributed by atoms with Crippen LogP contribution in [0, 0.1) is 6.92 Å². The molecule has 8 heteroatoms. The van der Waals surface area contributed by atoms with Crippen LogP contribution >= 0.6 is 34.5 Å². The number of anilines is 1. The highest BCUT2D eigenvalue weighted by Crippen LogP contribution is 2.21. The topological polar surface area (TPSA) is 71.1 Å². The first-order chi connectivity index (χ1) is 13.4. The van der Waals surface area contributed by atoms with E-state index in [1.54, 1.807) is 11.4 Å². The summed E-state index contributed by atoms with van der Waals surface area (Å²) in [5.41, 5.74) is 3.13. The first-order valence-electron chi connectivity index (χ1n) is 8.43. The van der Waals surface area contributed by atoms with Crippen LogP contribution in [0.15, 0.2) is 47.8 Å². The molecule has 144 valence electrons. The van der Waals surface area contributed by atoms with Crippen molar-refractivity contribution in [3.63, 3.8) is 0 Å². The quantitative estimate of drug-likeness (QED) is 0.582. The Balaban J connectivity index is 1.53. The molecule has 0 atom stereocenters. The van der Waals surface area contributed by atoms with Gasteiger partial charge in [0.25, 0.3) is 5.91 Å². The summed E-state index contributed by atoms with van der Waals surface area (Å²) in [5, 5.41) is 8.46. The zero-order valence-corrected chi connectivity index (χ0v) is 17.3. The van der Waals surface area contributed by atoms with E-state index in [-0.39, 0.29) is 18.2 Å². The fourth-order valence-corrected chi connectivity index (χ4v) is 3.66. The highest BCUT2D eigenvalue weighted by Gasteiger charge is 2.12. The predicted molar refractivity (Wildman–Crippen MR) is 113 cm³/mol. The third-order valence-corrected chi connectivity index (χ3v) is 5.09. The van der Waals surface area contributed by atoms with Gasteiger partial charge in [-0.1, -0.05) is 53.0 Å². The highest BCUT2D eigenvalue weighted by molar-refractivity contribution is 7.14. The second-order valence-corrected chi connectivity index (χ2v) is 7.93. The Morgan fingerprint density at radius 1 is 1.07 bits per heavy atom. The van der Waals surface area contributed by atoms with Crippen LogP contribution in [-0.4, -0.2) is 16.8 Å². The van der Waals surface area contributed by atoms with E-state index in [4.69, 9.17) is 23.2 Å². The summed E-state index contributed by atoms with van der Waals surface area (Å²) in [6.45, 7) is 2.48. The van der Waals surface area contributed by atoms with Crippen molar-refractivity contribution in [3.05, 3.63) is 80.3 Å². The smallest absolute Gasteiger partial charge is 0.257 e. The number of rotatable bonds is 6. The Hall–Kier alpha value is -2.41. The van der Waals surface area contributed by atoms with E-state index >= 15 is 0 Å². The van der Waals surface area contributed by atoms with Crippen LogP contribution in [0.3, 0.4) is 0 Å². The number of benzene rings is 2. The second kappa shape index (κ2) is 9.19. The van der Waals surface area contributed by atoms with Crippen LogP contribution < -0.4 is 10.6 Å². The Morgan fingerprint density at radius 3 is 2.43 bits per heavy atom. The molecule has 5 nitrogen and oxygen atoms in total. The summed E-state index contributed by atoms with van der Waals surface area (Å²) in [6.07, 6.45) is 0.140. The molecule has 0 aliphatic carbocycles. The number of thiazole rings is 1. The molecular formula is C20H17Cl2N3O2S. The van der Waals surface area contributed by atoms with Crippen molar-refractivity contribution in [2.75, 3.05) is 5.32 Å². The van der Waals surface area contributed by atoms with Gasteiger partial charge in [0, 0.05) is 27.5 Å². The van der Waals surface area contributed by atoms with Gasteiger partial charge in [-0.25, -0.2) is 4.98 Å². The van der Waals surface area contributed by atoms with Crippen LogP contribution in [0.25, 0.3) is 0 Å². The van der Waals surface area contributed by atoms with Gasteiger partial charge < -0.3 is 5.32 Å². The molecule has 3 rings (SSSR count). The number of aryl methyl sites for hydroxylation is 1. The SMILES string of the molecule is Cc1ccc(CNC(=O)Cc2csc(NC(=O)c3cc(Cl)cc(Cl)c3)n2)cc1. The summed E-state index contributed by atoms with van der Waals surface area (Å²) in [4.78, 5) is 28.7. The normalized spacial score (nSPS) is 10.5. The van der Waals surface area contributed by atoms with Crippen molar-refractivity contribution in [3.8, 4) is 0 Å². The first kappa shape index (κ1) is 20.3. The standard InChI is InChI=1S/C20H17Cl2N3O2S/c1-12-2-4-13(5-3-12)10-23-18(26)9-17-11-28-20(24-17)25-19(27)14-6-15(21)8-16(22)7-14/h2-8,11H,9-10H2,1H3,(H,23,26)(H,24,25,27). The van der Waals surface area contributed by atoms with E-state index in [2.05, 4.69) is 15.6 Å². The van der Waals surface area contributed by atoms with E-state index in [0.29, 0.717) is 33.0 Å². The van der Waals surface area contributed by atoms with E-state index in [1.807, 2.05) is 31.2 Å². The zero-order chi connectivity index (χ0) is 20.1. The van der Waals surface area contributed by atoms with Crippen molar-refractivity contribution in [1.29, 1.82) is 0 Å². The van der Waals surface area contributed by atoms with Crippen LogP contribution in [0.2, 0.25) is 10.0 Å². The lowest BCUT2D eigenvalue weighted by molar-refractivity contribution is -0.120. The van der Waals surface area contributed by atoms with E-state index < -0.39 is 0 Å². The van der Waals surface area contributed by atoms with Gasteiger partial charge in [-0.3, -0.25) is 14.9 Å². The molecule has 1 heterocycles. The molecule has 0 aliphatic heterocycles. The molecule has 28 heavy (non-hydrogen) atoms. The zero-order valence-electron chi connectivity index (χ0n) is 15.0. The highest BCUT2D eigenvalue weighted by atomic mass is 35.5. The predicted octanol–water partition coefficient (Wildman–Crippen LogP) is 4.87. The number of carbonyl (C=O) groups excluding carboxylic acids is 2. The molecular weight excluding hydrogens is 417 g/mol. The van der Waals surface area contributed by atoms with E-state index in [9.17, 15) is 9.59 Å². The average molecular weight is 434 g/mol. The van der Waals surface area contributed by atoms with Gasteiger partial charge in [0.1, 0.15) is 0 Å². The summed E-state index contributed by atoms with van der Waals surface area (Å²) < 4.78 is 0. The van der Waals surface area contributed by atoms with Gasteiger partial charge in [0.05, 0.1) is 12.1 Å². The van der Waals surface area contributed by atoms with Crippen LogP contribution in [0.4, 0.5) is 5.13 Å². The maximum absolute atomic E-state index is 12.3. The van der Waals surface area contributed by atoms with Gasteiger partial charge in [-0.05, 0) is 30.7 Å². The number of halogens is 2. The molecule has 0 radical (unpaired) electrons. The van der Waals surface area contributed by atoms with Crippen LogP contribution in [0.1, 0.15) is 27.2 Å². The summed E-state index contributed by atoms with van der Waals surface area (Å²) >= 11 is 13.1. The third kappa shape index (κ3) is 5.79. The fraction of sp³-hybridized carbons (Fsp3) is 0.150. The molecule has 0 saturated carbocycles. The maximum atomic E-state index is 12.3. The van der Waals surface area contributed by atoms with Crippen molar-refractivity contribution in [1.82, 2.24) is 10.3 Å². The van der Waals surface area contributed by atoms with E-state index in [0.717, 1.165) is 5.56 Å². The number of hydrogen-bond donors (Lipinski definition) is 2. The van der Waals surface area contributed by atoms with E-state index in [1.165, 1.54) is 29.0 Å². The summed E-state index contributed by atoms with van der Waals surface area (Å²) in [5.74, 6) is -0.500. The van der Waals surface area contributed by atoms with Crippen molar-refractivity contribution in [2.45, 2.75) is 19.9 Å². The lowest BCUT2D eigenvalue weighted by Gasteiger charge is -2.05. The molecule has 0 spiro atoms. The van der Waals surface area contributed by atoms with Crippen molar-refractivity contribution < 1.29 is 9.59 Å². The molecule has 2 aromatic carbocycles. The fourth-order valence-electron chi connectivity index (χ4n) is 2.43.